The van der Waals surface area contributed by atoms with Crippen LogP contribution in [0.25, 0.3) is 0 Å². The Kier molecular flexibility index (Phi) is 3.31. The van der Waals surface area contributed by atoms with Crippen LogP contribution in [0.3, 0.4) is 0 Å². The van der Waals surface area contributed by atoms with Crippen LogP contribution in [0.1, 0.15) is 33.6 Å². The monoisotopic (exact) mass is 211 g/mol. The average molecular weight is 211 g/mol. The van der Waals surface area contributed by atoms with E-state index in [2.05, 4.69) is 13.8 Å². The van der Waals surface area contributed by atoms with Gasteiger partial charge in [-0.3, -0.25) is 0 Å². The third kappa shape index (κ3) is 4.10. The van der Waals surface area contributed by atoms with Crippen molar-refractivity contribution < 1.29 is 9.53 Å². The van der Waals surface area contributed by atoms with E-state index in [1.165, 1.54) is 0 Å². The summed E-state index contributed by atoms with van der Waals surface area (Å²) in [6, 6.07) is 0. The van der Waals surface area contributed by atoms with Crippen LogP contribution in [-0.4, -0.2) is 29.7 Å². The van der Waals surface area contributed by atoms with Gasteiger partial charge in [0.15, 0.2) is 0 Å². The predicted octanol–water partition coefficient (Wildman–Crippen LogP) is 2.67. The number of carbonyl (C=O) groups is 1. The van der Waals surface area contributed by atoms with E-state index in [0.717, 1.165) is 12.8 Å². The van der Waals surface area contributed by atoms with Crippen LogP contribution in [0, 0.1) is 19.3 Å². The van der Waals surface area contributed by atoms with Crippen LogP contribution >= 0.6 is 0 Å². The highest BCUT2D eigenvalue weighted by Crippen LogP contribution is 2.29. The van der Waals surface area contributed by atoms with Crippen LogP contribution < -0.4 is 0 Å². The summed E-state index contributed by atoms with van der Waals surface area (Å²) < 4.78 is 5.29. The first-order valence-electron chi connectivity index (χ1n) is 5.38. The SMILES string of the molecule is [CH2]C1([CH2])CCN(C(=O)OC(C)(C)C)CC1. The molecule has 2 radical (unpaired) electrons. The highest BCUT2D eigenvalue weighted by Gasteiger charge is 2.30. The molecule has 1 heterocycles. The third-order valence-electron chi connectivity index (χ3n) is 2.48. The molecule has 86 valence electrons. The minimum absolute atomic E-state index is 0.126. The molecule has 0 aromatic rings. The van der Waals surface area contributed by atoms with Crippen molar-refractivity contribution in [3.05, 3.63) is 13.8 Å². The first-order valence-corrected chi connectivity index (χ1v) is 5.38. The van der Waals surface area contributed by atoms with Crippen LogP contribution in [0.15, 0.2) is 0 Å². The molecule has 15 heavy (non-hydrogen) atoms. The molecule has 0 aromatic carbocycles. The Balaban J connectivity index is 2.44. The van der Waals surface area contributed by atoms with E-state index in [1.807, 2.05) is 20.8 Å². The van der Waals surface area contributed by atoms with E-state index >= 15 is 0 Å². The van der Waals surface area contributed by atoms with Gasteiger partial charge in [-0.25, -0.2) is 4.79 Å². The third-order valence-corrected chi connectivity index (χ3v) is 2.48. The highest BCUT2D eigenvalue weighted by molar-refractivity contribution is 5.68. The molecule has 0 N–H and O–H groups in total. The molecule has 0 aromatic heterocycles. The summed E-state index contributed by atoms with van der Waals surface area (Å²) in [7, 11) is 0. The van der Waals surface area contributed by atoms with E-state index in [0.29, 0.717) is 13.1 Å². The highest BCUT2D eigenvalue weighted by atomic mass is 16.6. The summed E-state index contributed by atoms with van der Waals surface area (Å²) in [6.45, 7) is 15.0. The van der Waals surface area contributed by atoms with Crippen molar-refractivity contribution in [1.82, 2.24) is 4.90 Å². The van der Waals surface area contributed by atoms with Crippen molar-refractivity contribution in [2.45, 2.75) is 39.2 Å². The van der Waals surface area contributed by atoms with Gasteiger partial charge in [0.05, 0.1) is 0 Å². The molecule has 0 atom stereocenters. The number of piperidine rings is 1. The van der Waals surface area contributed by atoms with Gasteiger partial charge in [-0.1, -0.05) is 0 Å². The summed E-state index contributed by atoms with van der Waals surface area (Å²) in [4.78, 5) is 13.4. The predicted molar refractivity (Wildman–Crippen MR) is 60.2 cm³/mol. The van der Waals surface area contributed by atoms with Gasteiger partial charge in [0, 0.05) is 13.1 Å². The summed E-state index contributed by atoms with van der Waals surface area (Å²) in [5.41, 5.74) is -0.543. The van der Waals surface area contributed by atoms with E-state index in [9.17, 15) is 4.79 Å². The molecule has 0 unspecified atom stereocenters. The van der Waals surface area contributed by atoms with Crippen LogP contribution in [0.5, 0.6) is 0 Å². The number of amides is 1. The minimum Gasteiger partial charge on any atom is -0.444 e. The van der Waals surface area contributed by atoms with Gasteiger partial charge < -0.3 is 9.64 Å². The molecule has 1 rings (SSSR count). The number of hydrogen-bond acceptors (Lipinski definition) is 2. The molecular weight excluding hydrogens is 190 g/mol. The maximum atomic E-state index is 11.7. The molecule has 0 bridgehead atoms. The van der Waals surface area contributed by atoms with Crippen molar-refractivity contribution >= 4 is 6.09 Å². The zero-order chi connectivity index (χ0) is 11.7. The summed E-state index contributed by atoms with van der Waals surface area (Å²) in [5, 5.41) is 0. The Hall–Kier alpha value is -0.730. The van der Waals surface area contributed by atoms with Crippen molar-refractivity contribution in [2.24, 2.45) is 5.41 Å². The molecule has 1 saturated heterocycles. The molecule has 1 aliphatic heterocycles. The summed E-state index contributed by atoms with van der Waals surface area (Å²) in [6.07, 6.45) is 1.45. The van der Waals surface area contributed by atoms with Gasteiger partial charge in [0.25, 0.3) is 0 Å². The molecule has 3 heteroatoms. The smallest absolute Gasteiger partial charge is 0.410 e. The van der Waals surface area contributed by atoms with E-state index < -0.39 is 5.60 Å². The zero-order valence-corrected chi connectivity index (χ0v) is 10.0. The lowest BCUT2D eigenvalue weighted by Gasteiger charge is -2.37. The van der Waals surface area contributed by atoms with Crippen molar-refractivity contribution in [1.29, 1.82) is 0 Å². The van der Waals surface area contributed by atoms with Gasteiger partial charge in [0.2, 0.25) is 0 Å². The zero-order valence-electron chi connectivity index (χ0n) is 10.0. The van der Waals surface area contributed by atoms with Crippen molar-refractivity contribution in [2.75, 3.05) is 13.1 Å². The molecular formula is C12H21NO2. The molecule has 3 nitrogen and oxygen atoms in total. The number of nitrogens with zero attached hydrogens (tertiary/aromatic N) is 1. The topological polar surface area (TPSA) is 29.5 Å². The first kappa shape index (κ1) is 12.3. The fraction of sp³-hybridized carbons (Fsp3) is 0.750. The normalized spacial score (nSPS) is 21.3. The Labute approximate surface area is 92.8 Å². The standard InChI is InChI=1S/C12H21NO2/c1-11(2,3)15-10(14)13-8-6-12(4,5)7-9-13/h4-9H2,1-3H3. The maximum Gasteiger partial charge on any atom is 0.410 e. The lowest BCUT2D eigenvalue weighted by atomic mass is 9.83. The van der Waals surface area contributed by atoms with Crippen molar-refractivity contribution in [3.8, 4) is 0 Å². The lowest BCUT2D eigenvalue weighted by molar-refractivity contribution is 0.0167. The molecule has 1 amide bonds. The Bertz CT molecular complexity index is 230. The fourth-order valence-corrected chi connectivity index (χ4v) is 1.49. The second-order valence-electron chi connectivity index (χ2n) is 5.47. The molecule has 1 aliphatic rings. The van der Waals surface area contributed by atoms with Gasteiger partial charge >= 0.3 is 6.09 Å². The van der Waals surface area contributed by atoms with Gasteiger partial charge in [0.1, 0.15) is 5.60 Å². The largest absolute Gasteiger partial charge is 0.444 e. The number of hydrogen-bond donors (Lipinski definition) is 0. The van der Waals surface area contributed by atoms with E-state index in [1.54, 1.807) is 4.90 Å². The van der Waals surface area contributed by atoms with Crippen LogP contribution in [-0.2, 0) is 4.74 Å². The van der Waals surface area contributed by atoms with E-state index in [4.69, 9.17) is 4.74 Å². The molecule has 0 saturated carbocycles. The molecule has 0 aliphatic carbocycles. The quantitative estimate of drug-likeness (QED) is 0.616. The number of likely N-dealkylation sites (tertiary alicyclic amines) is 1. The first-order chi connectivity index (χ1) is 6.70. The minimum atomic E-state index is -0.416. The van der Waals surface area contributed by atoms with Crippen LogP contribution in [0.2, 0.25) is 0 Å². The van der Waals surface area contributed by atoms with Crippen LogP contribution in [0.4, 0.5) is 4.79 Å². The fourth-order valence-electron chi connectivity index (χ4n) is 1.49. The lowest BCUT2D eigenvalue weighted by Crippen LogP contribution is -2.43. The van der Waals surface area contributed by atoms with Gasteiger partial charge in [-0.15, -0.1) is 0 Å². The number of rotatable bonds is 0. The second kappa shape index (κ2) is 4.03. The maximum absolute atomic E-state index is 11.7. The summed E-state index contributed by atoms with van der Waals surface area (Å²) in [5.74, 6) is 0. The molecule has 0 spiro atoms. The summed E-state index contributed by atoms with van der Waals surface area (Å²) >= 11 is 0. The Morgan fingerprint density at radius 2 is 1.73 bits per heavy atom. The average Bonchev–Trinajstić information content (AvgIpc) is 2.00. The molecule has 1 fully saturated rings. The van der Waals surface area contributed by atoms with Gasteiger partial charge in [-0.2, -0.15) is 0 Å². The second-order valence-corrected chi connectivity index (χ2v) is 5.47. The number of carbonyl (C=O) groups excluding carboxylic acids is 1. The van der Waals surface area contributed by atoms with E-state index in [-0.39, 0.29) is 11.5 Å². The Morgan fingerprint density at radius 1 is 1.27 bits per heavy atom. The number of ether oxygens (including phenoxy) is 1. The van der Waals surface area contributed by atoms with Gasteiger partial charge in [-0.05, 0) is 52.9 Å². The Morgan fingerprint density at radius 3 is 2.13 bits per heavy atom. The van der Waals surface area contributed by atoms with Crippen molar-refractivity contribution in [3.63, 3.8) is 0 Å².